The summed E-state index contributed by atoms with van der Waals surface area (Å²) in [7, 11) is 0. The zero-order chi connectivity index (χ0) is 27.2. The summed E-state index contributed by atoms with van der Waals surface area (Å²) in [5.41, 5.74) is 2.77. The monoisotopic (exact) mass is 522 g/mol. The molecule has 0 aliphatic carbocycles. The van der Waals surface area contributed by atoms with Crippen molar-refractivity contribution in [1.29, 1.82) is 0 Å². The van der Waals surface area contributed by atoms with Crippen molar-refractivity contribution in [2.45, 2.75) is 25.8 Å². The van der Waals surface area contributed by atoms with Crippen molar-refractivity contribution in [3.8, 4) is 0 Å². The summed E-state index contributed by atoms with van der Waals surface area (Å²) in [4.78, 5) is 34.6. The van der Waals surface area contributed by atoms with E-state index in [4.69, 9.17) is 0 Å². The smallest absolute Gasteiger partial charge is 0.277 e. The number of halogens is 2. The van der Waals surface area contributed by atoms with E-state index in [9.17, 15) is 18.4 Å². The second-order valence-corrected chi connectivity index (χ2v) is 9.09. The van der Waals surface area contributed by atoms with Crippen LogP contribution in [0.3, 0.4) is 0 Å². The van der Waals surface area contributed by atoms with Crippen LogP contribution in [0.1, 0.15) is 45.7 Å². The van der Waals surface area contributed by atoms with Crippen molar-refractivity contribution in [3.63, 3.8) is 0 Å². The molecule has 2 aromatic heterocycles. The number of rotatable bonds is 9. The molecule has 6 nitrogen and oxygen atoms in total. The van der Waals surface area contributed by atoms with Gasteiger partial charge in [-0.15, -0.1) is 0 Å². The summed E-state index contributed by atoms with van der Waals surface area (Å²) < 4.78 is 27.7. The van der Waals surface area contributed by atoms with Crippen LogP contribution >= 0.6 is 0 Å². The van der Waals surface area contributed by atoms with Crippen molar-refractivity contribution in [1.82, 2.24) is 19.7 Å². The van der Waals surface area contributed by atoms with Gasteiger partial charge in [-0.2, -0.15) is 5.10 Å². The van der Waals surface area contributed by atoms with Gasteiger partial charge in [0, 0.05) is 30.6 Å². The van der Waals surface area contributed by atoms with Gasteiger partial charge in [0.05, 0.1) is 17.6 Å². The number of Topliss-reactive ketones (excluding diaryl/α,β-unsaturated/α-hetero) is 1. The molecule has 0 saturated heterocycles. The fraction of sp³-hybridized carbons (Fsp3) is 0.129. The molecule has 0 spiro atoms. The molecular weight excluding hydrogens is 498 g/mol. The van der Waals surface area contributed by atoms with Crippen LogP contribution < -0.4 is 5.56 Å². The summed E-state index contributed by atoms with van der Waals surface area (Å²) >= 11 is 0. The van der Waals surface area contributed by atoms with Crippen LogP contribution in [0.5, 0.6) is 0 Å². The molecule has 0 aliphatic heterocycles. The average Bonchev–Trinajstić information content (AvgIpc) is 2.94. The number of fused-ring (bicyclic) bond motifs is 1. The first-order valence-corrected chi connectivity index (χ1v) is 12.5. The quantitative estimate of drug-likeness (QED) is 0.229. The highest BCUT2D eigenvalue weighted by Crippen LogP contribution is 2.17. The lowest BCUT2D eigenvalue weighted by Crippen LogP contribution is -2.28. The predicted octanol–water partition coefficient (Wildman–Crippen LogP) is 5.78. The van der Waals surface area contributed by atoms with E-state index in [1.807, 2.05) is 66.9 Å². The molecule has 0 saturated carbocycles. The molecule has 8 heteroatoms. The van der Waals surface area contributed by atoms with Crippen LogP contribution in [0, 0.1) is 11.6 Å². The van der Waals surface area contributed by atoms with Gasteiger partial charge in [-0.3, -0.25) is 9.59 Å². The van der Waals surface area contributed by atoms with Gasteiger partial charge in [-0.1, -0.05) is 54.6 Å². The fourth-order valence-corrected chi connectivity index (χ4v) is 4.21. The molecule has 194 valence electrons. The molecule has 5 rings (SSSR count). The van der Waals surface area contributed by atoms with Gasteiger partial charge < -0.3 is 0 Å². The highest BCUT2D eigenvalue weighted by molar-refractivity contribution is 5.95. The average molecular weight is 523 g/mol. The van der Waals surface area contributed by atoms with Gasteiger partial charge in [-0.25, -0.2) is 23.4 Å². The minimum atomic E-state index is -1.01. The van der Waals surface area contributed by atoms with Crippen LogP contribution in [0.25, 0.3) is 17.0 Å². The van der Waals surface area contributed by atoms with Crippen molar-refractivity contribution in [2.24, 2.45) is 0 Å². The van der Waals surface area contributed by atoms with E-state index in [2.05, 4.69) is 15.1 Å². The van der Waals surface area contributed by atoms with Crippen molar-refractivity contribution >= 4 is 22.8 Å². The third-order valence-corrected chi connectivity index (χ3v) is 6.24. The number of carbonyl (C=O) groups excluding carboxylic acids is 1. The van der Waals surface area contributed by atoms with Gasteiger partial charge in [0.15, 0.2) is 17.4 Å². The maximum absolute atomic E-state index is 13.5. The third-order valence-electron chi connectivity index (χ3n) is 6.24. The van der Waals surface area contributed by atoms with Gasteiger partial charge in [-0.05, 0) is 53.4 Å². The Morgan fingerprint density at radius 3 is 2.59 bits per heavy atom. The maximum atomic E-state index is 13.5. The molecule has 0 atom stereocenters. The Morgan fingerprint density at radius 2 is 1.77 bits per heavy atom. The Labute approximate surface area is 223 Å². The minimum Gasteiger partial charge on any atom is -0.294 e. The van der Waals surface area contributed by atoms with Gasteiger partial charge in [0.1, 0.15) is 5.82 Å². The van der Waals surface area contributed by atoms with Crippen LogP contribution in [-0.2, 0) is 13.0 Å². The van der Waals surface area contributed by atoms with Crippen LogP contribution in [-0.4, -0.2) is 25.5 Å². The zero-order valence-corrected chi connectivity index (χ0v) is 20.9. The van der Waals surface area contributed by atoms with E-state index in [0.29, 0.717) is 18.4 Å². The third kappa shape index (κ3) is 6.35. The molecule has 39 heavy (non-hydrogen) atoms. The zero-order valence-electron chi connectivity index (χ0n) is 20.9. The normalized spacial score (nSPS) is 11.3. The molecule has 0 radical (unpaired) electrons. The molecular formula is C31H24F2N4O2. The van der Waals surface area contributed by atoms with Gasteiger partial charge in [0.2, 0.25) is 0 Å². The van der Waals surface area contributed by atoms with Gasteiger partial charge >= 0.3 is 0 Å². The lowest BCUT2D eigenvalue weighted by Gasteiger charge is -2.07. The maximum Gasteiger partial charge on any atom is 0.277 e. The van der Waals surface area contributed by atoms with Gasteiger partial charge in [0.25, 0.3) is 5.56 Å². The van der Waals surface area contributed by atoms with E-state index in [0.717, 1.165) is 44.7 Å². The Bertz CT molecular complexity index is 1730. The highest BCUT2D eigenvalue weighted by atomic mass is 19.2. The summed E-state index contributed by atoms with van der Waals surface area (Å²) in [6.45, 7) is -0.0729. The molecule has 0 N–H and O–H groups in total. The second kappa shape index (κ2) is 11.7. The Balaban J connectivity index is 1.20. The Hall–Kier alpha value is -4.85. The Morgan fingerprint density at radius 1 is 0.923 bits per heavy atom. The van der Waals surface area contributed by atoms with Crippen molar-refractivity contribution in [3.05, 3.63) is 141 Å². The Kier molecular flexibility index (Phi) is 7.73. The molecule has 0 amide bonds. The summed E-state index contributed by atoms with van der Waals surface area (Å²) in [6, 6.07) is 20.7. The lowest BCUT2D eigenvalue weighted by molar-refractivity contribution is 0.0981. The summed E-state index contributed by atoms with van der Waals surface area (Å²) in [6.07, 6.45) is 8.21. The van der Waals surface area contributed by atoms with Crippen molar-refractivity contribution in [2.75, 3.05) is 0 Å². The number of allylic oxidation sites excluding steroid dienone is 1. The van der Waals surface area contributed by atoms with Crippen molar-refractivity contribution < 1.29 is 13.6 Å². The molecule has 0 aliphatic rings. The predicted molar refractivity (Wildman–Crippen MR) is 145 cm³/mol. The standard InChI is InChI=1S/C31H24F2N4O2/c32-26-12-10-23(17-27(26)33)20-37-31(39)25(14-15-35-37)29(38)9-5-4-8-22-11-13-28-24(16-22)19-34-30(36-28)18-21-6-2-1-3-7-21/h1-4,6-8,10-17,19H,5,9,18,20H2/b8-4+. The first-order valence-electron chi connectivity index (χ1n) is 12.5. The van der Waals surface area contributed by atoms with E-state index in [-0.39, 0.29) is 24.3 Å². The molecule has 0 bridgehead atoms. The minimum absolute atomic E-state index is 0.00939. The number of hydrogen-bond donors (Lipinski definition) is 0. The van der Waals surface area contributed by atoms with Crippen LogP contribution in [0.2, 0.25) is 0 Å². The molecule has 5 aromatic rings. The van der Waals surface area contributed by atoms with E-state index in [1.165, 1.54) is 18.3 Å². The van der Waals surface area contributed by atoms with E-state index >= 15 is 0 Å². The first kappa shape index (κ1) is 25.8. The first-order chi connectivity index (χ1) is 19.0. The molecule has 0 fully saturated rings. The van der Waals surface area contributed by atoms with Crippen LogP contribution in [0.15, 0.2) is 96.1 Å². The number of aromatic nitrogens is 4. The number of benzene rings is 3. The molecule has 2 heterocycles. The largest absolute Gasteiger partial charge is 0.294 e. The summed E-state index contributed by atoms with van der Waals surface area (Å²) in [5, 5.41) is 4.89. The lowest BCUT2D eigenvalue weighted by atomic mass is 10.1. The van der Waals surface area contributed by atoms with E-state index < -0.39 is 17.2 Å². The number of hydrogen-bond acceptors (Lipinski definition) is 5. The second-order valence-electron chi connectivity index (χ2n) is 9.09. The summed E-state index contributed by atoms with van der Waals surface area (Å²) in [5.74, 6) is -1.54. The van der Waals surface area contributed by atoms with E-state index in [1.54, 1.807) is 0 Å². The molecule has 0 unspecified atom stereocenters. The number of ketones is 1. The number of carbonyl (C=O) groups is 1. The SMILES string of the molecule is O=C(CC/C=C/c1ccc2nc(Cc3ccccc3)ncc2c1)c1ccnn(Cc2ccc(F)c(F)c2)c1=O. The highest BCUT2D eigenvalue weighted by Gasteiger charge is 2.13. The van der Waals surface area contributed by atoms with Crippen LogP contribution in [0.4, 0.5) is 8.78 Å². The fourth-order valence-electron chi connectivity index (χ4n) is 4.21. The molecule has 3 aromatic carbocycles. The number of nitrogens with zero attached hydrogens (tertiary/aromatic N) is 4. The topological polar surface area (TPSA) is 77.7 Å².